The van der Waals surface area contributed by atoms with Gasteiger partial charge in [0, 0.05) is 5.56 Å². The maximum absolute atomic E-state index is 11.9. The fraction of sp³-hybridized carbons (Fsp3) is 0.0714. The summed E-state index contributed by atoms with van der Waals surface area (Å²) in [5, 5.41) is 14.4. The first-order valence-corrected chi connectivity index (χ1v) is 6.09. The molecule has 0 amide bonds. The minimum absolute atomic E-state index is 0.136. The van der Waals surface area contributed by atoms with Crippen LogP contribution in [-0.2, 0) is 0 Å². The molecule has 7 heteroatoms. The Hall–Kier alpha value is -3.09. The number of methoxy groups -OCH3 is 1. The average Bonchev–Trinajstić information content (AvgIpc) is 2.88. The first-order chi connectivity index (χ1) is 10.1. The van der Waals surface area contributed by atoms with Crippen LogP contribution in [0.5, 0.6) is 5.75 Å². The average molecular weight is 285 g/mol. The number of fused-ring (bicyclic) bond motifs is 1. The molecule has 2 heterocycles. The molecule has 0 aliphatic rings. The van der Waals surface area contributed by atoms with Gasteiger partial charge in [-0.25, -0.2) is 9.78 Å². The zero-order valence-corrected chi connectivity index (χ0v) is 11.0. The molecule has 0 spiro atoms. The number of ether oxygens (including phenoxy) is 1. The molecule has 106 valence electrons. The van der Waals surface area contributed by atoms with E-state index >= 15 is 0 Å². The van der Waals surface area contributed by atoms with Crippen LogP contribution < -0.4 is 10.3 Å². The largest absolute Gasteiger partial charge is 0.497 e. The third-order valence-corrected chi connectivity index (χ3v) is 3.16. The number of carbonyl (C=O) groups is 1. The number of rotatable bonds is 3. The molecule has 3 rings (SSSR count). The molecule has 0 aliphatic carbocycles. The Labute approximate surface area is 118 Å². The summed E-state index contributed by atoms with van der Waals surface area (Å²) in [5.41, 5.74) is 0.938. The van der Waals surface area contributed by atoms with Crippen molar-refractivity contribution in [3.05, 3.63) is 46.4 Å². The van der Waals surface area contributed by atoms with Gasteiger partial charge in [-0.3, -0.25) is 15.0 Å². The molecule has 0 aliphatic heterocycles. The van der Waals surface area contributed by atoms with E-state index in [1.807, 2.05) is 0 Å². The molecule has 0 radical (unpaired) electrons. The number of benzene rings is 1. The van der Waals surface area contributed by atoms with Crippen LogP contribution in [0.15, 0.2) is 35.1 Å². The first kappa shape index (κ1) is 12.9. The van der Waals surface area contributed by atoms with Crippen molar-refractivity contribution in [2.75, 3.05) is 7.11 Å². The zero-order chi connectivity index (χ0) is 15.0. The van der Waals surface area contributed by atoms with Gasteiger partial charge in [-0.15, -0.1) is 0 Å². The lowest BCUT2D eigenvalue weighted by molar-refractivity contribution is 0.0691. The molecule has 0 atom stereocenters. The number of aromatic carboxylic acids is 1. The van der Waals surface area contributed by atoms with Crippen LogP contribution in [0.4, 0.5) is 0 Å². The summed E-state index contributed by atoms with van der Waals surface area (Å²) in [6.07, 6.45) is 0. The second kappa shape index (κ2) is 4.78. The van der Waals surface area contributed by atoms with E-state index in [1.165, 1.54) is 6.07 Å². The summed E-state index contributed by atoms with van der Waals surface area (Å²) in [6, 6.07) is 8.37. The third-order valence-electron chi connectivity index (χ3n) is 3.16. The number of nitrogens with one attached hydrogen (secondary N) is 2. The Morgan fingerprint density at radius 3 is 2.57 bits per heavy atom. The lowest BCUT2D eigenvalue weighted by Crippen LogP contribution is -2.04. The van der Waals surface area contributed by atoms with Crippen molar-refractivity contribution in [3.8, 4) is 16.9 Å². The lowest BCUT2D eigenvalue weighted by Gasteiger charge is -2.05. The van der Waals surface area contributed by atoms with E-state index in [0.717, 1.165) is 0 Å². The van der Waals surface area contributed by atoms with Crippen molar-refractivity contribution < 1.29 is 14.6 Å². The van der Waals surface area contributed by atoms with E-state index in [9.17, 15) is 9.59 Å². The zero-order valence-electron chi connectivity index (χ0n) is 11.0. The first-order valence-electron chi connectivity index (χ1n) is 6.09. The monoisotopic (exact) mass is 285 g/mol. The molecule has 2 aromatic heterocycles. The lowest BCUT2D eigenvalue weighted by atomic mass is 10.0. The SMILES string of the molecule is COc1ccc(-c2cc(C(=O)O)nc3[nH][nH]c(=O)c23)cc1. The van der Waals surface area contributed by atoms with Gasteiger partial charge in [-0.1, -0.05) is 12.1 Å². The van der Waals surface area contributed by atoms with Gasteiger partial charge in [0.1, 0.15) is 5.75 Å². The van der Waals surface area contributed by atoms with Gasteiger partial charge in [0.2, 0.25) is 0 Å². The number of pyridine rings is 1. The predicted octanol–water partition coefficient (Wildman–Crippen LogP) is 1.62. The molecule has 0 bridgehead atoms. The van der Waals surface area contributed by atoms with Crippen molar-refractivity contribution in [1.29, 1.82) is 0 Å². The number of hydrogen-bond donors (Lipinski definition) is 3. The van der Waals surface area contributed by atoms with Crippen LogP contribution in [0.1, 0.15) is 10.5 Å². The van der Waals surface area contributed by atoms with Gasteiger partial charge in [-0.05, 0) is 23.8 Å². The van der Waals surface area contributed by atoms with Crippen molar-refractivity contribution in [1.82, 2.24) is 15.2 Å². The van der Waals surface area contributed by atoms with Crippen LogP contribution >= 0.6 is 0 Å². The smallest absolute Gasteiger partial charge is 0.354 e. The highest BCUT2D eigenvalue weighted by Gasteiger charge is 2.16. The van der Waals surface area contributed by atoms with Crippen molar-refractivity contribution in [3.63, 3.8) is 0 Å². The number of aromatic amines is 2. The summed E-state index contributed by atoms with van der Waals surface area (Å²) in [4.78, 5) is 26.9. The molecular weight excluding hydrogens is 274 g/mol. The molecule has 3 N–H and O–H groups in total. The Morgan fingerprint density at radius 1 is 1.24 bits per heavy atom. The Morgan fingerprint density at radius 2 is 1.95 bits per heavy atom. The topological polar surface area (TPSA) is 108 Å². The normalized spacial score (nSPS) is 10.7. The van der Waals surface area contributed by atoms with Crippen molar-refractivity contribution in [2.24, 2.45) is 0 Å². The van der Waals surface area contributed by atoms with Gasteiger partial charge in [-0.2, -0.15) is 0 Å². The van der Waals surface area contributed by atoms with Crippen molar-refractivity contribution >= 4 is 17.0 Å². The van der Waals surface area contributed by atoms with E-state index in [-0.39, 0.29) is 16.9 Å². The molecule has 0 saturated heterocycles. The highest BCUT2D eigenvalue weighted by atomic mass is 16.5. The van der Waals surface area contributed by atoms with E-state index in [4.69, 9.17) is 9.84 Å². The summed E-state index contributed by atoms with van der Waals surface area (Å²) in [7, 11) is 1.55. The standard InChI is InChI=1S/C14H11N3O4/c1-21-8-4-2-7(3-5-8)9-6-10(14(19)20)15-12-11(9)13(18)17-16-12/h2-6H,1H3,(H,19,20)(H2,15,16,17,18). The number of aromatic nitrogens is 3. The van der Waals surface area contributed by atoms with Gasteiger partial charge >= 0.3 is 5.97 Å². The van der Waals surface area contributed by atoms with E-state index in [1.54, 1.807) is 31.4 Å². The Kier molecular flexibility index (Phi) is 2.94. The predicted molar refractivity (Wildman–Crippen MR) is 75.7 cm³/mol. The summed E-state index contributed by atoms with van der Waals surface area (Å²) in [5.74, 6) is -0.487. The molecule has 0 unspecified atom stereocenters. The van der Waals surface area contributed by atoms with E-state index in [0.29, 0.717) is 22.3 Å². The fourth-order valence-corrected chi connectivity index (χ4v) is 2.15. The molecular formula is C14H11N3O4. The van der Waals surface area contributed by atoms with Crippen LogP contribution in [0.2, 0.25) is 0 Å². The number of carboxylic acid groups (broad SMARTS) is 1. The van der Waals surface area contributed by atoms with Gasteiger partial charge < -0.3 is 9.84 Å². The Balaban J connectivity index is 2.30. The minimum Gasteiger partial charge on any atom is -0.497 e. The summed E-state index contributed by atoms with van der Waals surface area (Å²) in [6.45, 7) is 0. The molecule has 7 nitrogen and oxygen atoms in total. The van der Waals surface area contributed by atoms with Crippen LogP contribution in [0, 0.1) is 0 Å². The van der Waals surface area contributed by atoms with Gasteiger partial charge in [0.25, 0.3) is 5.56 Å². The quantitative estimate of drug-likeness (QED) is 0.677. The van der Waals surface area contributed by atoms with Crippen LogP contribution in [0.25, 0.3) is 22.2 Å². The maximum Gasteiger partial charge on any atom is 0.354 e. The number of nitrogens with zero attached hydrogens (tertiary/aromatic N) is 1. The molecule has 0 saturated carbocycles. The molecule has 21 heavy (non-hydrogen) atoms. The maximum atomic E-state index is 11.9. The summed E-state index contributed by atoms with van der Waals surface area (Å²) < 4.78 is 5.08. The number of carboxylic acids is 1. The highest BCUT2D eigenvalue weighted by molar-refractivity contribution is 5.97. The Bertz CT molecular complexity index is 877. The second-order valence-corrected chi connectivity index (χ2v) is 4.39. The third kappa shape index (κ3) is 2.14. The molecule has 3 aromatic rings. The minimum atomic E-state index is -1.16. The number of hydrogen-bond acceptors (Lipinski definition) is 4. The van der Waals surface area contributed by atoms with E-state index in [2.05, 4.69) is 15.2 Å². The van der Waals surface area contributed by atoms with Gasteiger partial charge in [0.15, 0.2) is 11.3 Å². The van der Waals surface area contributed by atoms with Crippen LogP contribution in [0.3, 0.4) is 0 Å². The molecule has 1 aromatic carbocycles. The van der Waals surface area contributed by atoms with Crippen molar-refractivity contribution in [2.45, 2.75) is 0 Å². The van der Waals surface area contributed by atoms with Gasteiger partial charge in [0.05, 0.1) is 12.5 Å². The van der Waals surface area contributed by atoms with Crippen LogP contribution in [-0.4, -0.2) is 33.4 Å². The van der Waals surface area contributed by atoms with E-state index < -0.39 is 5.97 Å². The summed E-state index contributed by atoms with van der Waals surface area (Å²) >= 11 is 0. The second-order valence-electron chi connectivity index (χ2n) is 4.39. The highest BCUT2D eigenvalue weighted by Crippen LogP contribution is 2.27. The number of H-pyrrole nitrogens is 2. The fourth-order valence-electron chi connectivity index (χ4n) is 2.15. The molecule has 0 fully saturated rings.